The maximum absolute atomic E-state index is 9.44. The summed E-state index contributed by atoms with van der Waals surface area (Å²) in [4.78, 5) is 0. The fourth-order valence-electron chi connectivity index (χ4n) is 1.08. The van der Waals surface area contributed by atoms with Crippen LogP contribution in [0.1, 0.15) is 13.8 Å². The van der Waals surface area contributed by atoms with Gasteiger partial charge in [0.2, 0.25) is 0 Å². The number of aliphatic hydroxyl groups excluding tert-OH is 1. The van der Waals surface area contributed by atoms with Crippen molar-refractivity contribution in [2.24, 2.45) is 0 Å². The van der Waals surface area contributed by atoms with Gasteiger partial charge in [-0.2, -0.15) is 0 Å². The first kappa shape index (κ1) is 10.1. The van der Waals surface area contributed by atoms with Crippen LogP contribution >= 0.6 is 0 Å². The molecule has 1 N–H and O–H groups in total. The average Bonchev–Trinajstić information content (AvgIpc) is 2.42. The minimum Gasteiger partial charge on any atom is -0.377 e. The van der Waals surface area contributed by atoms with Gasteiger partial charge in [-0.1, -0.05) is 5.92 Å². The number of hydrogen-bond acceptors (Lipinski definition) is 3. The van der Waals surface area contributed by atoms with E-state index in [-0.39, 0.29) is 0 Å². The van der Waals surface area contributed by atoms with Crippen molar-refractivity contribution < 1.29 is 14.6 Å². The van der Waals surface area contributed by atoms with Crippen LogP contribution < -0.4 is 0 Å². The lowest BCUT2D eigenvalue weighted by atomic mass is 10.2. The Morgan fingerprint density at radius 2 is 2.31 bits per heavy atom. The minimum atomic E-state index is -0.877. The second-order valence-electron chi connectivity index (χ2n) is 3.23. The molecule has 0 radical (unpaired) electrons. The van der Waals surface area contributed by atoms with Gasteiger partial charge in [-0.3, -0.25) is 0 Å². The minimum absolute atomic E-state index is 0.341. The molecule has 13 heavy (non-hydrogen) atoms. The number of rotatable bonds is 1. The first-order valence-corrected chi connectivity index (χ1v) is 4.01. The second-order valence-corrected chi connectivity index (χ2v) is 3.23. The maximum atomic E-state index is 9.44. The Kier molecular flexibility index (Phi) is 2.95. The zero-order valence-electron chi connectivity index (χ0n) is 7.70. The molecule has 0 aromatic rings. The molecule has 0 amide bonds. The van der Waals surface area contributed by atoms with Crippen LogP contribution in [0.4, 0.5) is 0 Å². The summed E-state index contributed by atoms with van der Waals surface area (Å²) in [6.45, 7) is 3.91. The summed E-state index contributed by atoms with van der Waals surface area (Å²) in [5, 5.41) is 9.44. The Morgan fingerprint density at radius 3 is 2.77 bits per heavy atom. The van der Waals surface area contributed by atoms with Crippen LogP contribution in [-0.2, 0) is 9.47 Å². The predicted molar refractivity (Wildman–Crippen MR) is 47.5 cm³/mol. The van der Waals surface area contributed by atoms with Crippen LogP contribution in [0.15, 0.2) is 0 Å². The molecular formula is C10H12O3. The molecule has 1 fully saturated rings. The molecule has 3 heteroatoms. The quantitative estimate of drug-likeness (QED) is 0.583. The van der Waals surface area contributed by atoms with Gasteiger partial charge in [-0.25, -0.2) is 0 Å². The molecule has 0 unspecified atom stereocenters. The monoisotopic (exact) mass is 180 g/mol. The van der Waals surface area contributed by atoms with Crippen LogP contribution in [0.3, 0.4) is 0 Å². The molecular weight excluding hydrogens is 168 g/mol. The number of hydrogen-bond donors (Lipinski definition) is 1. The van der Waals surface area contributed by atoms with Crippen LogP contribution in [0.2, 0.25) is 0 Å². The Bertz CT molecular complexity index is 277. The summed E-state index contributed by atoms with van der Waals surface area (Å²) in [6, 6.07) is 0. The molecule has 1 rings (SSSR count). The molecule has 0 spiro atoms. The maximum Gasteiger partial charge on any atom is 0.163 e. The van der Waals surface area contributed by atoms with E-state index in [0.29, 0.717) is 6.61 Å². The van der Waals surface area contributed by atoms with Crippen molar-refractivity contribution in [2.45, 2.75) is 31.8 Å². The zero-order valence-corrected chi connectivity index (χ0v) is 7.70. The SMILES string of the molecule is C#CC#C[C@@H](O)[C@H]1COC(C)(C)O1. The Morgan fingerprint density at radius 1 is 1.62 bits per heavy atom. The van der Waals surface area contributed by atoms with Crippen molar-refractivity contribution in [3.05, 3.63) is 0 Å². The molecule has 3 nitrogen and oxygen atoms in total. The van der Waals surface area contributed by atoms with Gasteiger partial charge < -0.3 is 14.6 Å². The molecule has 0 aromatic heterocycles. The van der Waals surface area contributed by atoms with Crippen molar-refractivity contribution in [2.75, 3.05) is 6.61 Å². The highest BCUT2D eigenvalue weighted by molar-refractivity contribution is 5.24. The van der Waals surface area contributed by atoms with Crippen LogP contribution in [0.25, 0.3) is 0 Å². The average molecular weight is 180 g/mol. The first-order chi connectivity index (χ1) is 6.05. The molecule has 1 aliphatic heterocycles. The third-order valence-electron chi connectivity index (χ3n) is 1.67. The van der Waals surface area contributed by atoms with Gasteiger partial charge >= 0.3 is 0 Å². The molecule has 2 atom stereocenters. The van der Waals surface area contributed by atoms with Gasteiger partial charge in [0.05, 0.1) is 6.61 Å². The molecule has 0 saturated carbocycles. The third-order valence-corrected chi connectivity index (χ3v) is 1.67. The van der Waals surface area contributed by atoms with E-state index in [2.05, 4.69) is 17.8 Å². The van der Waals surface area contributed by atoms with Crippen LogP contribution in [-0.4, -0.2) is 29.7 Å². The summed E-state index contributed by atoms with van der Waals surface area (Å²) in [6.07, 6.45) is 3.64. The van der Waals surface area contributed by atoms with E-state index in [1.807, 2.05) is 0 Å². The van der Waals surface area contributed by atoms with Crippen molar-refractivity contribution in [1.29, 1.82) is 0 Å². The molecule has 1 aliphatic rings. The van der Waals surface area contributed by atoms with Gasteiger partial charge in [0, 0.05) is 0 Å². The third kappa shape index (κ3) is 2.75. The van der Waals surface area contributed by atoms with E-state index < -0.39 is 18.0 Å². The van der Waals surface area contributed by atoms with Crippen LogP contribution in [0.5, 0.6) is 0 Å². The van der Waals surface area contributed by atoms with E-state index in [4.69, 9.17) is 15.9 Å². The lowest BCUT2D eigenvalue weighted by Crippen LogP contribution is -2.29. The number of aliphatic hydroxyl groups is 1. The Labute approximate surface area is 78.0 Å². The molecule has 0 aromatic carbocycles. The van der Waals surface area contributed by atoms with Gasteiger partial charge in [-0.15, -0.1) is 6.42 Å². The van der Waals surface area contributed by atoms with E-state index in [0.717, 1.165) is 0 Å². The highest BCUT2D eigenvalue weighted by atomic mass is 16.7. The Balaban J connectivity index is 2.52. The van der Waals surface area contributed by atoms with Crippen molar-refractivity contribution in [3.63, 3.8) is 0 Å². The first-order valence-electron chi connectivity index (χ1n) is 4.01. The number of terminal acetylenes is 1. The molecule has 1 saturated heterocycles. The summed E-state index contributed by atoms with van der Waals surface area (Å²) >= 11 is 0. The van der Waals surface area contributed by atoms with E-state index in [1.165, 1.54) is 0 Å². The largest absolute Gasteiger partial charge is 0.377 e. The van der Waals surface area contributed by atoms with E-state index >= 15 is 0 Å². The smallest absolute Gasteiger partial charge is 0.163 e. The topological polar surface area (TPSA) is 38.7 Å². The molecule has 1 heterocycles. The standard InChI is InChI=1S/C10H12O3/c1-4-5-6-8(11)9-7-12-10(2,3)13-9/h1,8-9,11H,7H2,2-3H3/t8-,9-/m1/s1. The van der Waals surface area contributed by atoms with Crippen molar-refractivity contribution in [3.8, 4) is 24.2 Å². The fraction of sp³-hybridized carbons (Fsp3) is 0.600. The Hall–Kier alpha value is -1.00. The van der Waals surface area contributed by atoms with Crippen molar-refractivity contribution >= 4 is 0 Å². The van der Waals surface area contributed by atoms with Crippen LogP contribution in [0, 0.1) is 24.2 Å². The lowest BCUT2D eigenvalue weighted by Gasteiger charge is -2.17. The highest BCUT2D eigenvalue weighted by Gasteiger charge is 2.36. The highest BCUT2D eigenvalue weighted by Crippen LogP contribution is 2.23. The van der Waals surface area contributed by atoms with Gasteiger partial charge in [0.25, 0.3) is 0 Å². The van der Waals surface area contributed by atoms with Crippen molar-refractivity contribution in [1.82, 2.24) is 0 Å². The predicted octanol–water partition coefficient (Wildman–Crippen LogP) is 0.135. The fourth-order valence-corrected chi connectivity index (χ4v) is 1.08. The van der Waals surface area contributed by atoms with E-state index in [1.54, 1.807) is 13.8 Å². The normalized spacial score (nSPS) is 27.1. The molecule has 0 bridgehead atoms. The molecule has 0 aliphatic carbocycles. The second kappa shape index (κ2) is 3.81. The lowest BCUT2D eigenvalue weighted by molar-refractivity contribution is -0.146. The summed E-state index contributed by atoms with van der Waals surface area (Å²) in [5.41, 5.74) is 0. The zero-order chi connectivity index (χ0) is 9.90. The van der Waals surface area contributed by atoms with Gasteiger partial charge in [0.1, 0.15) is 12.2 Å². The summed E-state index contributed by atoms with van der Waals surface area (Å²) in [7, 11) is 0. The molecule has 70 valence electrons. The number of ether oxygens (including phenoxy) is 2. The summed E-state index contributed by atoms with van der Waals surface area (Å²) < 4.78 is 10.6. The van der Waals surface area contributed by atoms with Gasteiger partial charge in [-0.05, 0) is 25.7 Å². The summed E-state index contributed by atoms with van der Waals surface area (Å²) in [5.74, 6) is 6.31. The van der Waals surface area contributed by atoms with Gasteiger partial charge in [0.15, 0.2) is 5.79 Å². The van der Waals surface area contributed by atoms with E-state index in [9.17, 15) is 5.11 Å².